The molecule has 3 atom stereocenters. The van der Waals surface area contributed by atoms with E-state index in [2.05, 4.69) is 50.0 Å². The normalized spacial score (nSPS) is 22.6. The minimum absolute atomic E-state index is 0.0134. The number of ketones is 1. The van der Waals surface area contributed by atoms with Gasteiger partial charge in [-0.2, -0.15) is 0 Å². The Balaban J connectivity index is 0.000000281. The van der Waals surface area contributed by atoms with Crippen LogP contribution in [0.15, 0.2) is 40.5 Å². The van der Waals surface area contributed by atoms with E-state index in [4.69, 9.17) is 10.5 Å². The van der Waals surface area contributed by atoms with E-state index in [1.807, 2.05) is 13.8 Å². The molecule has 1 aromatic rings. The number of amides is 1. The SMILES string of the molecule is CC(=O)CN=C1CCC/C1=C(/N)C(=O)N1C[C@@H](C)O[C@@H](C)C1.CCCCCC(CCC)c1ccc(C)cc1. The molecule has 0 bridgehead atoms. The van der Waals surface area contributed by atoms with E-state index in [-0.39, 0.29) is 36.1 Å². The van der Waals surface area contributed by atoms with Gasteiger partial charge in [-0.25, -0.2) is 0 Å². The maximum Gasteiger partial charge on any atom is 0.270 e. The Kier molecular flexibility index (Phi) is 13.8. The van der Waals surface area contributed by atoms with Gasteiger partial charge in [0.15, 0.2) is 5.78 Å². The second kappa shape index (κ2) is 16.5. The third-order valence-electron chi connectivity index (χ3n) is 7.29. The molecule has 2 N–H and O–H groups in total. The minimum Gasteiger partial charge on any atom is -0.394 e. The summed E-state index contributed by atoms with van der Waals surface area (Å²) in [6.07, 6.45) is 10.6. The van der Waals surface area contributed by atoms with Crippen molar-refractivity contribution < 1.29 is 14.3 Å². The van der Waals surface area contributed by atoms with E-state index in [1.54, 1.807) is 10.5 Å². The fourth-order valence-electron chi connectivity index (χ4n) is 5.35. The molecule has 6 nitrogen and oxygen atoms in total. The predicted octanol–water partition coefficient (Wildman–Crippen LogP) is 6.51. The highest BCUT2D eigenvalue weighted by Crippen LogP contribution is 2.28. The molecule has 1 heterocycles. The third-order valence-corrected chi connectivity index (χ3v) is 7.29. The molecule has 1 aromatic carbocycles. The first kappa shape index (κ1) is 31.7. The van der Waals surface area contributed by atoms with Gasteiger partial charge in [-0.3, -0.25) is 14.6 Å². The van der Waals surface area contributed by atoms with Gasteiger partial charge in [0.05, 0.1) is 18.8 Å². The van der Waals surface area contributed by atoms with Crippen LogP contribution in [0.4, 0.5) is 0 Å². The summed E-state index contributed by atoms with van der Waals surface area (Å²) in [5, 5.41) is 0. The average Bonchev–Trinajstić information content (AvgIpc) is 3.35. The summed E-state index contributed by atoms with van der Waals surface area (Å²) in [5.74, 6) is 0.658. The molecule has 38 heavy (non-hydrogen) atoms. The van der Waals surface area contributed by atoms with Crippen molar-refractivity contribution in [1.82, 2.24) is 4.90 Å². The number of aryl methyl sites for hydroxylation is 1. The van der Waals surface area contributed by atoms with Crippen molar-refractivity contribution in [3.8, 4) is 0 Å². The molecule has 0 spiro atoms. The molecular weight excluding hydrogens is 474 g/mol. The highest BCUT2D eigenvalue weighted by Gasteiger charge is 2.30. The van der Waals surface area contributed by atoms with Gasteiger partial charge in [-0.05, 0) is 71.3 Å². The Bertz CT molecular complexity index is 941. The number of rotatable bonds is 10. The van der Waals surface area contributed by atoms with Crippen LogP contribution in [0.1, 0.15) is 109 Å². The average molecular weight is 526 g/mol. The monoisotopic (exact) mass is 525 g/mol. The molecule has 1 aliphatic carbocycles. The minimum atomic E-state index is -0.144. The van der Waals surface area contributed by atoms with Crippen LogP contribution < -0.4 is 5.73 Å². The third kappa shape index (κ3) is 10.4. The number of hydrogen-bond donors (Lipinski definition) is 1. The number of benzene rings is 1. The number of carbonyl (C=O) groups excluding carboxylic acids is 2. The van der Waals surface area contributed by atoms with Crippen LogP contribution in [-0.4, -0.2) is 54.1 Å². The number of carbonyl (C=O) groups is 2. The van der Waals surface area contributed by atoms with E-state index in [0.717, 1.165) is 36.5 Å². The fraction of sp³-hybridized carbons (Fsp3) is 0.656. The zero-order valence-corrected chi connectivity index (χ0v) is 24.7. The summed E-state index contributed by atoms with van der Waals surface area (Å²) in [5.41, 5.74) is 10.9. The summed E-state index contributed by atoms with van der Waals surface area (Å²) in [6.45, 7) is 13.4. The van der Waals surface area contributed by atoms with Gasteiger partial charge in [0.25, 0.3) is 5.91 Å². The number of aliphatic imine (C=N–C) groups is 1. The maximum atomic E-state index is 12.6. The van der Waals surface area contributed by atoms with E-state index in [0.29, 0.717) is 13.1 Å². The van der Waals surface area contributed by atoms with E-state index in [1.165, 1.54) is 51.0 Å². The van der Waals surface area contributed by atoms with Crippen molar-refractivity contribution in [2.24, 2.45) is 10.7 Å². The van der Waals surface area contributed by atoms with Crippen molar-refractivity contribution in [3.05, 3.63) is 46.7 Å². The molecule has 1 aliphatic heterocycles. The smallest absolute Gasteiger partial charge is 0.270 e. The summed E-state index contributed by atoms with van der Waals surface area (Å²) in [4.78, 5) is 29.8. The highest BCUT2D eigenvalue weighted by atomic mass is 16.5. The number of allylic oxidation sites excluding steroid dienone is 1. The van der Waals surface area contributed by atoms with E-state index >= 15 is 0 Å². The molecule has 6 heteroatoms. The Morgan fingerprint density at radius 1 is 1.03 bits per heavy atom. The van der Waals surface area contributed by atoms with Crippen molar-refractivity contribution >= 4 is 17.4 Å². The van der Waals surface area contributed by atoms with Crippen molar-refractivity contribution in [1.29, 1.82) is 0 Å². The van der Waals surface area contributed by atoms with Crippen LogP contribution in [0, 0.1) is 6.92 Å². The Labute approximate surface area is 231 Å². The standard InChI is InChI=1S/C16H25N3O3.C16H26/c1-10(20)7-18-14-6-4-5-13(14)15(17)16(21)19-8-11(2)22-12(3)9-19;1-4-6-7-9-15(8-5-2)16-12-10-14(3)11-13-16/h11-12H,4-9,17H2,1-3H3;10-13,15H,4-9H2,1-3H3/b15-13-,18-14?;/t11-,12+;. The fourth-order valence-corrected chi connectivity index (χ4v) is 5.35. The lowest BCUT2D eigenvalue weighted by molar-refractivity contribution is -0.139. The molecule has 3 rings (SSSR count). The van der Waals surface area contributed by atoms with E-state index < -0.39 is 0 Å². The lowest BCUT2D eigenvalue weighted by atomic mass is 9.89. The maximum absolute atomic E-state index is 12.6. The summed E-state index contributed by atoms with van der Waals surface area (Å²) >= 11 is 0. The molecule has 1 saturated carbocycles. The molecule has 1 saturated heterocycles. The lowest BCUT2D eigenvalue weighted by Gasteiger charge is -2.35. The number of morpholine rings is 1. The molecule has 2 fully saturated rings. The summed E-state index contributed by atoms with van der Waals surface area (Å²) in [7, 11) is 0. The first-order valence-corrected chi connectivity index (χ1v) is 14.7. The predicted molar refractivity (Wildman–Crippen MR) is 158 cm³/mol. The number of hydrogen-bond acceptors (Lipinski definition) is 5. The second-order valence-electron chi connectivity index (χ2n) is 11.1. The number of nitrogens with zero attached hydrogens (tertiary/aromatic N) is 2. The molecule has 1 unspecified atom stereocenters. The summed E-state index contributed by atoms with van der Waals surface area (Å²) < 4.78 is 5.65. The number of ether oxygens (including phenoxy) is 1. The topological polar surface area (TPSA) is 85.0 Å². The number of unbranched alkanes of at least 4 members (excludes halogenated alkanes) is 2. The van der Waals surface area contributed by atoms with Crippen LogP contribution in [0.3, 0.4) is 0 Å². The Morgan fingerprint density at radius 3 is 2.26 bits per heavy atom. The first-order chi connectivity index (χ1) is 18.2. The largest absolute Gasteiger partial charge is 0.394 e. The molecular formula is C32H51N3O3. The quantitative estimate of drug-likeness (QED) is 0.279. The van der Waals surface area contributed by atoms with Crippen LogP contribution in [0.2, 0.25) is 0 Å². The van der Waals surface area contributed by atoms with Gasteiger partial charge < -0.3 is 15.4 Å². The van der Waals surface area contributed by atoms with Crippen molar-refractivity contribution in [2.45, 2.75) is 117 Å². The van der Waals surface area contributed by atoms with Gasteiger partial charge >= 0.3 is 0 Å². The Hall–Kier alpha value is -2.47. The molecule has 212 valence electrons. The molecule has 1 amide bonds. The van der Waals surface area contributed by atoms with Crippen molar-refractivity contribution in [3.63, 3.8) is 0 Å². The number of Topliss-reactive ketones (excluding diaryl/α,β-unsaturated/α-hetero) is 1. The van der Waals surface area contributed by atoms with E-state index in [9.17, 15) is 9.59 Å². The molecule has 0 radical (unpaired) electrons. The van der Waals surface area contributed by atoms with Crippen LogP contribution >= 0.6 is 0 Å². The van der Waals surface area contributed by atoms with Crippen LogP contribution in [-0.2, 0) is 14.3 Å². The zero-order chi connectivity index (χ0) is 28.1. The molecule has 0 aromatic heterocycles. The second-order valence-corrected chi connectivity index (χ2v) is 11.1. The Morgan fingerprint density at radius 2 is 1.68 bits per heavy atom. The van der Waals surface area contributed by atoms with Crippen LogP contribution in [0.25, 0.3) is 0 Å². The summed E-state index contributed by atoms with van der Waals surface area (Å²) in [6, 6.07) is 9.14. The van der Waals surface area contributed by atoms with Gasteiger partial charge in [-0.1, -0.05) is 69.4 Å². The zero-order valence-electron chi connectivity index (χ0n) is 24.7. The highest BCUT2D eigenvalue weighted by molar-refractivity contribution is 6.09. The van der Waals surface area contributed by atoms with Gasteiger partial charge in [-0.15, -0.1) is 0 Å². The van der Waals surface area contributed by atoms with Gasteiger partial charge in [0.1, 0.15) is 5.70 Å². The first-order valence-electron chi connectivity index (χ1n) is 14.7. The van der Waals surface area contributed by atoms with Crippen LogP contribution in [0.5, 0.6) is 0 Å². The lowest BCUT2D eigenvalue weighted by Crippen LogP contribution is -2.49. The van der Waals surface area contributed by atoms with Gasteiger partial charge in [0, 0.05) is 24.4 Å². The number of nitrogens with two attached hydrogens (primary N) is 1. The molecule has 2 aliphatic rings. The van der Waals surface area contributed by atoms with Gasteiger partial charge in [0.2, 0.25) is 0 Å². The van der Waals surface area contributed by atoms with Crippen molar-refractivity contribution in [2.75, 3.05) is 19.6 Å².